The Morgan fingerprint density at radius 3 is 2.81 bits per heavy atom. The number of rotatable bonds is 6. The van der Waals surface area contributed by atoms with Gasteiger partial charge in [0.05, 0.1) is 12.2 Å². The molecule has 0 aliphatic rings. The molecule has 1 amide bonds. The second-order valence-corrected chi connectivity index (χ2v) is 4.90. The lowest BCUT2D eigenvalue weighted by Crippen LogP contribution is -2.34. The van der Waals surface area contributed by atoms with Crippen molar-refractivity contribution in [2.45, 2.75) is 0 Å². The van der Waals surface area contributed by atoms with Gasteiger partial charge in [0.2, 0.25) is 0 Å². The first-order chi connectivity index (χ1) is 10.2. The van der Waals surface area contributed by atoms with Crippen molar-refractivity contribution in [3.8, 4) is 0 Å². The first kappa shape index (κ1) is 15.5. The maximum absolute atomic E-state index is 12.7. The highest BCUT2D eigenvalue weighted by Crippen LogP contribution is 2.25. The Morgan fingerprint density at radius 2 is 2.14 bits per heavy atom. The molecule has 0 aliphatic heterocycles. The Labute approximate surface area is 129 Å². The number of hydrogen-bond acceptors (Lipinski definition) is 3. The van der Waals surface area contributed by atoms with Crippen molar-refractivity contribution in [3.63, 3.8) is 0 Å². The summed E-state index contributed by atoms with van der Waals surface area (Å²) in [5.41, 5.74) is 0.535. The minimum Gasteiger partial charge on any atom is -0.383 e. The van der Waals surface area contributed by atoms with Gasteiger partial charge >= 0.3 is 0 Å². The van der Waals surface area contributed by atoms with Gasteiger partial charge in [-0.25, -0.2) is 4.98 Å². The van der Waals surface area contributed by atoms with Gasteiger partial charge in [-0.2, -0.15) is 0 Å². The molecule has 0 bridgehead atoms. The number of fused-ring (bicyclic) bond motifs is 1. The van der Waals surface area contributed by atoms with Crippen molar-refractivity contribution in [2.75, 3.05) is 26.8 Å². The maximum atomic E-state index is 12.7. The summed E-state index contributed by atoms with van der Waals surface area (Å²) in [7, 11) is 1.61. The molecular weight excluding hydrogens is 288 g/mol. The molecule has 110 valence electrons. The van der Waals surface area contributed by atoms with Gasteiger partial charge < -0.3 is 9.64 Å². The van der Waals surface area contributed by atoms with E-state index in [1.54, 1.807) is 18.1 Å². The number of carbonyl (C=O) groups excluding carboxylic acids is 1. The molecule has 1 heterocycles. The van der Waals surface area contributed by atoms with Crippen molar-refractivity contribution >= 4 is 28.3 Å². The number of benzene rings is 1. The van der Waals surface area contributed by atoms with E-state index in [1.807, 2.05) is 24.3 Å². The number of nitrogens with zero attached hydrogens (tertiary/aromatic N) is 2. The standard InChI is InChI=1S/C16H17ClN2O2/c1-3-8-19(9-10-21-2)16(20)14-11-18-15(17)13-7-5-4-6-12(13)14/h3-7,11H,1,8-10H2,2H3. The van der Waals surface area contributed by atoms with Crippen LogP contribution in [0.4, 0.5) is 0 Å². The van der Waals surface area contributed by atoms with Crippen LogP contribution in [0.15, 0.2) is 43.1 Å². The van der Waals surface area contributed by atoms with Crippen LogP contribution < -0.4 is 0 Å². The Bertz CT molecular complexity index is 658. The van der Waals surface area contributed by atoms with Gasteiger partial charge in [0.1, 0.15) is 5.15 Å². The number of carbonyl (C=O) groups is 1. The summed E-state index contributed by atoms with van der Waals surface area (Å²) >= 11 is 6.09. The lowest BCUT2D eigenvalue weighted by molar-refractivity contribution is 0.0719. The fraction of sp³-hybridized carbons (Fsp3) is 0.250. The summed E-state index contributed by atoms with van der Waals surface area (Å²) in [6, 6.07) is 7.48. The lowest BCUT2D eigenvalue weighted by Gasteiger charge is -2.21. The van der Waals surface area contributed by atoms with Gasteiger partial charge in [0, 0.05) is 31.8 Å². The number of pyridine rings is 1. The Morgan fingerprint density at radius 1 is 1.43 bits per heavy atom. The molecule has 0 radical (unpaired) electrons. The second-order valence-electron chi connectivity index (χ2n) is 4.54. The summed E-state index contributed by atoms with van der Waals surface area (Å²) in [6.45, 7) is 5.12. The zero-order chi connectivity index (χ0) is 15.2. The normalized spacial score (nSPS) is 10.6. The Balaban J connectivity index is 2.42. The molecule has 0 atom stereocenters. The van der Waals surface area contributed by atoms with E-state index in [9.17, 15) is 4.79 Å². The molecule has 1 aromatic heterocycles. The van der Waals surface area contributed by atoms with Gasteiger partial charge in [-0.15, -0.1) is 6.58 Å². The molecule has 0 saturated heterocycles. The monoisotopic (exact) mass is 304 g/mol. The number of hydrogen-bond donors (Lipinski definition) is 0. The van der Waals surface area contributed by atoms with Crippen molar-refractivity contribution in [2.24, 2.45) is 0 Å². The number of methoxy groups -OCH3 is 1. The van der Waals surface area contributed by atoms with Crippen molar-refractivity contribution in [1.82, 2.24) is 9.88 Å². The molecule has 0 aliphatic carbocycles. The molecule has 0 spiro atoms. The predicted molar refractivity (Wildman–Crippen MR) is 84.7 cm³/mol. The lowest BCUT2D eigenvalue weighted by atomic mass is 10.1. The summed E-state index contributed by atoms with van der Waals surface area (Å²) in [6.07, 6.45) is 3.22. The van der Waals surface area contributed by atoms with Gasteiger partial charge in [0.25, 0.3) is 5.91 Å². The van der Waals surface area contributed by atoms with E-state index < -0.39 is 0 Å². The smallest absolute Gasteiger partial charge is 0.256 e. The van der Waals surface area contributed by atoms with Crippen molar-refractivity contribution in [1.29, 1.82) is 0 Å². The summed E-state index contributed by atoms with van der Waals surface area (Å²) < 4.78 is 5.05. The highest BCUT2D eigenvalue weighted by Gasteiger charge is 2.18. The van der Waals surface area contributed by atoms with Crippen LogP contribution in [0.1, 0.15) is 10.4 Å². The maximum Gasteiger partial charge on any atom is 0.256 e. The van der Waals surface area contributed by atoms with Crippen LogP contribution in [0.3, 0.4) is 0 Å². The van der Waals surface area contributed by atoms with Crippen LogP contribution >= 0.6 is 11.6 Å². The van der Waals surface area contributed by atoms with Gasteiger partial charge in [0.15, 0.2) is 0 Å². The molecule has 2 rings (SSSR count). The molecule has 5 heteroatoms. The predicted octanol–water partition coefficient (Wildman–Crippen LogP) is 3.16. The van der Waals surface area contributed by atoms with Gasteiger partial charge in [-0.05, 0) is 5.39 Å². The van der Waals surface area contributed by atoms with E-state index in [-0.39, 0.29) is 5.91 Å². The highest BCUT2D eigenvalue weighted by molar-refractivity contribution is 6.34. The van der Waals surface area contributed by atoms with Crippen LogP contribution in [0.2, 0.25) is 5.15 Å². The number of aromatic nitrogens is 1. The molecule has 0 saturated carbocycles. The number of ether oxygens (including phenoxy) is 1. The first-order valence-electron chi connectivity index (χ1n) is 6.61. The SMILES string of the molecule is C=CCN(CCOC)C(=O)c1cnc(Cl)c2ccccc12. The molecule has 1 aromatic carbocycles. The zero-order valence-corrected chi connectivity index (χ0v) is 12.6. The molecule has 4 nitrogen and oxygen atoms in total. The Kier molecular flexibility index (Phi) is 5.31. The minimum atomic E-state index is -0.104. The van der Waals surface area contributed by atoms with Crippen LogP contribution in [0.5, 0.6) is 0 Å². The van der Waals surface area contributed by atoms with E-state index in [0.29, 0.717) is 30.4 Å². The highest BCUT2D eigenvalue weighted by atomic mass is 35.5. The molecule has 0 unspecified atom stereocenters. The van der Waals surface area contributed by atoms with Crippen LogP contribution in [-0.2, 0) is 4.74 Å². The van der Waals surface area contributed by atoms with Gasteiger partial charge in [-0.3, -0.25) is 4.79 Å². The fourth-order valence-corrected chi connectivity index (χ4v) is 2.35. The fourth-order valence-electron chi connectivity index (χ4n) is 2.13. The van der Waals surface area contributed by atoms with Crippen molar-refractivity contribution < 1.29 is 9.53 Å². The van der Waals surface area contributed by atoms with E-state index in [1.165, 1.54) is 6.20 Å². The van der Waals surface area contributed by atoms with E-state index in [0.717, 1.165) is 10.8 Å². The third-order valence-corrected chi connectivity index (χ3v) is 3.48. The zero-order valence-electron chi connectivity index (χ0n) is 11.9. The van der Waals surface area contributed by atoms with Crippen LogP contribution in [0.25, 0.3) is 10.8 Å². The number of amides is 1. The average Bonchev–Trinajstić information content (AvgIpc) is 2.51. The second kappa shape index (κ2) is 7.20. The van der Waals surface area contributed by atoms with Crippen LogP contribution in [0, 0.1) is 0 Å². The summed E-state index contributed by atoms with van der Waals surface area (Å²) in [5, 5.41) is 1.97. The largest absolute Gasteiger partial charge is 0.383 e. The third kappa shape index (κ3) is 3.40. The minimum absolute atomic E-state index is 0.104. The van der Waals surface area contributed by atoms with Crippen molar-refractivity contribution in [3.05, 3.63) is 53.8 Å². The number of halogens is 1. The van der Waals surface area contributed by atoms with Gasteiger partial charge in [-0.1, -0.05) is 41.9 Å². The molecular formula is C16H17ClN2O2. The Hall–Kier alpha value is -1.91. The van der Waals surface area contributed by atoms with E-state index >= 15 is 0 Å². The topological polar surface area (TPSA) is 42.4 Å². The molecule has 0 N–H and O–H groups in total. The summed E-state index contributed by atoms with van der Waals surface area (Å²) in [5.74, 6) is -0.104. The van der Waals surface area contributed by atoms with E-state index in [2.05, 4.69) is 11.6 Å². The average molecular weight is 305 g/mol. The van der Waals surface area contributed by atoms with E-state index in [4.69, 9.17) is 16.3 Å². The quantitative estimate of drug-likeness (QED) is 0.608. The molecule has 0 fully saturated rings. The van der Waals surface area contributed by atoms with Crippen LogP contribution in [-0.4, -0.2) is 42.6 Å². The molecule has 21 heavy (non-hydrogen) atoms. The third-order valence-electron chi connectivity index (χ3n) is 3.18. The first-order valence-corrected chi connectivity index (χ1v) is 6.99. The summed E-state index contributed by atoms with van der Waals surface area (Å²) in [4.78, 5) is 18.5. The molecule has 2 aromatic rings.